The molecule has 0 radical (unpaired) electrons. The van der Waals surface area contributed by atoms with Crippen LogP contribution < -0.4 is 5.73 Å². The van der Waals surface area contributed by atoms with Gasteiger partial charge in [-0.2, -0.15) is 0 Å². The second-order valence-corrected chi connectivity index (χ2v) is 5.22. The number of hydrogen-bond acceptors (Lipinski definition) is 2. The molecule has 3 nitrogen and oxygen atoms in total. The summed E-state index contributed by atoms with van der Waals surface area (Å²) in [5.41, 5.74) is 8.14. The van der Waals surface area contributed by atoms with E-state index in [2.05, 4.69) is 35.0 Å². The maximum Gasteiger partial charge on any atom is 0.224 e. The third kappa shape index (κ3) is 2.44. The number of rotatable bonds is 2. The number of carbonyl (C=O) groups is 1. The van der Waals surface area contributed by atoms with Gasteiger partial charge in [0.25, 0.3) is 0 Å². The van der Waals surface area contributed by atoms with Gasteiger partial charge >= 0.3 is 0 Å². The summed E-state index contributed by atoms with van der Waals surface area (Å²) in [7, 11) is 0. The van der Waals surface area contributed by atoms with Crippen LogP contribution in [0.1, 0.15) is 17.5 Å². The fourth-order valence-corrected chi connectivity index (χ4v) is 2.47. The van der Waals surface area contributed by atoms with Crippen LogP contribution in [0.2, 0.25) is 0 Å². The van der Waals surface area contributed by atoms with E-state index in [1.54, 1.807) is 0 Å². The lowest BCUT2D eigenvalue weighted by Gasteiger charge is -2.17. The number of amides is 1. The topological polar surface area (TPSA) is 46.3 Å². The summed E-state index contributed by atoms with van der Waals surface area (Å²) in [6.07, 6.45) is 0.482. The van der Waals surface area contributed by atoms with Gasteiger partial charge in [0.1, 0.15) is 0 Å². The molecule has 1 fully saturated rings. The molecule has 0 saturated carbocycles. The van der Waals surface area contributed by atoms with E-state index in [0.717, 1.165) is 4.47 Å². The van der Waals surface area contributed by atoms with Crippen molar-refractivity contribution in [2.24, 2.45) is 5.73 Å². The Kier molecular flexibility index (Phi) is 3.30. The first-order chi connectivity index (χ1) is 7.56. The van der Waals surface area contributed by atoms with Crippen LogP contribution in [0.4, 0.5) is 0 Å². The van der Waals surface area contributed by atoms with Crippen LogP contribution in [-0.2, 0) is 11.3 Å². The Labute approximate surface area is 104 Å². The predicted octanol–water partition coefficient (Wildman–Crippen LogP) is 1.82. The van der Waals surface area contributed by atoms with Crippen molar-refractivity contribution in [3.8, 4) is 0 Å². The van der Waals surface area contributed by atoms with Crippen molar-refractivity contribution in [3.63, 3.8) is 0 Å². The lowest BCUT2D eigenvalue weighted by molar-refractivity contribution is -0.128. The van der Waals surface area contributed by atoms with E-state index in [0.29, 0.717) is 19.5 Å². The molecule has 1 aliphatic rings. The van der Waals surface area contributed by atoms with Crippen LogP contribution in [0.15, 0.2) is 22.7 Å². The van der Waals surface area contributed by atoms with E-state index in [4.69, 9.17) is 5.73 Å². The minimum absolute atomic E-state index is 0.00301. The van der Waals surface area contributed by atoms with Crippen LogP contribution >= 0.6 is 15.9 Å². The Morgan fingerprint density at radius 1 is 1.56 bits per heavy atom. The zero-order valence-electron chi connectivity index (χ0n) is 9.24. The fourth-order valence-electron chi connectivity index (χ4n) is 2.00. The van der Waals surface area contributed by atoms with Crippen molar-refractivity contribution in [2.75, 3.05) is 6.54 Å². The molecule has 1 aromatic carbocycles. The quantitative estimate of drug-likeness (QED) is 0.900. The number of nitrogens with zero attached hydrogens (tertiary/aromatic N) is 1. The lowest BCUT2D eigenvalue weighted by Crippen LogP contribution is -2.28. The number of carbonyl (C=O) groups excluding carboxylic acids is 1. The molecule has 4 heteroatoms. The normalized spacial score (nSPS) is 20.6. The minimum Gasteiger partial charge on any atom is -0.337 e. The Bertz CT molecular complexity index is 419. The number of benzene rings is 1. The number of aryl methyl sites for hydroxylation is 1. The van der Waals surface area contributed by atoms with E-state index in [9.17, 15) is 4.79 Å². The second kappa shape index (κ2) is 4.55. The highest BCUT2D eigenvalue weighted by Crippen LogP contribution is 2.19. The average molecular weight is 283 g/mol. The van der Waals surface area contributed by atoms with E-state index in [-0.39, 0.29) is 11.9 Å². The fraction of sp³-hybridized carbons (Fsp3) is 0.417. The molecule has 1 atom stereocenters. The molecule has 1 amide bonds. The smallest absolute Gasteiger partial charge is 0.224 e. The Hall–Kier alpha value is -0.870. The maximum atomic E-state index is 11.6. The summed E-state index contributed by atoms with van der Waals surface area (Å²) in [4.78, 5) is 13.4. The molecule has 1 unspecified atom stereocenters. The standard InChI is InChI=1S/C12H15BrN2O/c1-8-4-10(13)3-2-9(8)6-15-7-11(14)5-12(15)16/h2-4,11H,5-7,14H2,1H3. The monoisotopic (exact) mass is 282 g/mol. The van der Waals surface area contributed by atoms with Gasteiger partial charge in [0, 0.05) is 30.0 Å². The summed E-state index contributed by atoms with van der Waals surface area (Å²) in [5.74, 6) is 0.162. The zero-order chi connectivity index (χ0) is 11.7. The van der Waals surface area contributed by atoms with Crippen molar-refractivity contribution in [1.82, 2.24) is 4.90 Å². The molecule has 0 aromatic heterocycles. The third-order valence-electron chi connectivity index (χ3n) is 2.91. The van der Waals surface area contributed by atoms with Crippen molar-refractivity contribution < 1.29 is 4.79 Å². The zero-order valence-corrected chi connectivity index (χ0v) is 10.8. The molecular weight excluding hydrogens is 268 g/mol. The number of likely N-dealkylation sites (tertiary alicyclic amines) is 1. The molecule has 16 heavy (non-hydrogen) atoms. The number of nitrogens with two attached hydrogens (primary N) is 1. The molecule has 1 aliphatic heterocycles. The molecule has 0 spiro atoms. The minimum atomic E-state index is 0.00301. The van der Waals surface area contributed by atoms with Gasteiger partial charge in [-0.15, -0.1) is 0 Å². The lowest BCUT2D eigenvalue weighted by atomic mass is 10.1. The van der Waals surface area contributed by atoms with Gasteiger partial charge in [0.15, 0.2) is 0 Å². The van der Waals surface area contributed by atoms with Gasteiger partial charge < -0.3 is 10.6 Å². The molecule has 1 heterocycles. The van der Waals surface area contributed by atoms with E-state index in [1.807, 2.05) is 11.0 Å². The molecule has 0 aliphatic carbocycles. The van der Waals surface area contributed by atoms with Crippen molar-refractivity contribution in [2.45, 2.75) is 25.9 Å². The second-order valence-electron chi connectivity index (χ2n) is 4.31. The largest absolute Gasteiger partial charge is 0.337 e. The van der Waals surface area contributed by atoms with Gasteiger partial charge in [-0.1, -0.05) is 22.0 Å². The Balaban J connectivity index is 2.12. The third-order valence-corrected chi connectivity index (χ3v) is 3.40. The molecule has 0 bridgehead atoms. The van der Waals surface area contributed by atoms with Gasteiger partial charge in [0.05, 0.1) is 0 Å². The predicted molar refractivity (Wildman–Crippen MR) is 66.9 cm³/mol. The Morgan fingerprint density at radius 3 is 2.88 bits per heavy atom. The summed E-state index contributed by atoms with van der Waals surface area (Å²) in [6, 6.07) is 6.12. The summed E-state index contributed by atoms with van der Waals surface area (Å²) in [5, 5.41) is 0. The number of halogens is 1. The van der Waals surface area contributed by atoms with Crippen LogP contribution in [0, 0.1) is 6.92 Å². The SMILES string of the molecule is Cc1cc(Br)ccc1CN1CC(N)CC1=O. The highest BCUT2D eigenvalue weighted by Gasteiger charge is 2.26. The molecule has 1 saturated heterocycles. The van der Waals surface area contributed by atoms with Crippen molar-refractivity contribution in [3.05, 3.63) is 33.8 Å². The van der Waals surface area contributed by atoms with E-state index >= 15 is 0 Å². The van der Waals surface area contributed by atoms with E-state index < -0.39 is 0 Å². The molecule has 1 aromatic rings. The van der Waals surface area contributed by atoms with Crippen LogP contribution in [-0.4, -0.2) is 23.4 Å². The molecule has 86 valence electrons. The molecule has 2 N–H and O–H groups in total. The first kappa shape index (κ1) is 11.6. The number of hydrogen-bond donors (Lipinski definition) is 1. The average Bonchev–Trinajstić information content (AvgIpc) is 2.50. The summed E-state index contributed by atoms with van der Waals surface area (Å²) < 4.78 is 1.07. The van der Waals surface area contributed by atoms with Gasteiger partial charge in [-0.05, 0) is 30.2 Å². The maximum absolute atomic E-state index is 11.6. The molecule has 2 rings (SSSR count). The first-order valence-corrected chi connectivity index (χ1v) is 6.14. The van der Waals surface area contributed by atoms with Gasteiger partial charge in [-0.25, -0.2) is 0 Å². The van der Waals surface area contributed by atoms with E-state index in [1.165, 1.54) is 11.1 Å². The van der Waals surface area contributed by atoms with Gasteiger partial charge in [-0.3, -0.25) is 4.79 Å². The van der Waals surface area contributed by atoms with Crippen LogP contribution in [0.5, 0.6) is 0 Å². The van der Waals surface area contributed by atoms with Crippen LogP contribution in [0.3, 0.4) is 0 Å². The van der Waals surface area contributed by atoms with Crippen molar-refractivity contribution in [1.29, 1.82) is 0 Å². The first-order valence-electron chi connectivity index (χ1n) is 5.34. The highest BCUT2D eigenvalue weighted by atomic mass is 79.9. The summed E-state index contributed by atoms with van der Waals surface area (Å²) in [6.45, 7) is 3.40. The molecular formula is C12H15BrN2O. The highest BCUT2D eigenvalue weighted by molar-refractivity contribution is 9.10. The van der Waals surface area contributed by atoms with Crippen LogP contribution in [0.25, 0.3) is 0 Å². The van der Waals surface area contributed by atoms with Gasteiger partial charge in [0.2, 0.25) is 5.91 Å². The van der Waals surface area contributed by atoms with Crippen molar-refractivity contribution >= 4 is 21.8 Å². The summed E-state index contributed by atoms with van der Waals surface area (Å²) >= 11 is 3.43. The Morgan fingerprint density at radius 2 is 2.31 bits per heavy atom.